The molecule has 0 fully saturated rings. The number of rotatable bonds is 1. The van der Waals surface area contributed by atoms with E-state index in [2.05, 4.69) is 10.1 Å². The lowest BCUT2D eigenvalue weighted by molar-refractivity contribution is 0.627. The first kappa shape index (κ1) is 10.8. The first-order valence-electron chi connectivity index (χ1n) is 5.51. The van der Waals surface area contributed by atoms with Crippen LogP contribution < -0.4 is 5.73 Å². The van der Waals surface area contributed by atoms with E-state index < -0.39 is 0 Å². The average Bonchev–Trinajstić information content (AvgIpc) is 2.79. The molecule has 2 N–H and O–H groups in total. The molecule has 0 saturated heterocycles. The Balaban J connectivity index is 2.34. The van der Waals surface area contributed by atoms with Gasteiger partial charge < -0.3 is 5.73 Å². The van der Waals surface area contributed by atoms with Gasteiger partial charge in [-0.25, -0.2) is 14.1 Å². The second kappa shape index (κ2) is 3.56. The fourth-order valence-corrected chi connectivity index (χ4v) is 2.13. The number of nitrogens with two attached hydrogens (primary N) is 1. The number of anilines is 1. The van der Waals surface area contributed by atoms with Crippen LogP contribution in [0.4, 0.5) is 10.3 Å². The maximum atomic E-state index is 13.0. The van der Waals surface area contributed by atoms with Crippen LogP contribution in [0.3, 0.4) is 0 Å². The van der Waals surface area contributed by atoms with E-state index in [1.165, 1.54) is 12.1 Å². The Morgan fingerprint density at radius 2 is 1.89 bits per heavy atom. The van der Waals surface area contributed by atoms with E-state index in [1.807, 2.05) is 14.0 Å². The molecule has 0 radical (unpaired) electrons. The number of halogens is 1. The van der Waals surface area contributed by atoms with Gasteiger partial charge in [0.15, 0.2) is 5.65 Å². The zero-order valence-electron chi connectivity index (χ0n) is 10.1. The number of nitrogens with zero attached hydrogens (tertiary/aromatic N) is 4. The molecule has 0 atom stereocenters. The summed E-state index contributed by atoms with van der Waals surface area (Å²) in [6, 6.07) is 6.11. The molecule has 3 aromatic rings. The highest BCUT2D eigenvalue weighted by molar-refractivity contribution is 5.79. The minimum Gasteiger partial charge on any atom is -0.369 e. The minimum absolute atomic E-state index is 0.283. The Bertz CT molecular complexity index is 723. The van der Waals surface area contributed by atoms with Gasteiger partial charge in [0.2, 0.25) is 5.95 Å². The van der Waals surface area contributed by atoms with Crippen molar-refractivity contribution in [3.8, 4) is 5.69 Å². The first-order chi connectivity index (χ1) is 8.58. The van der Waals surface area contributed by atoms with Crippen LogP contribution in [0.1, 0.15) is 5.69 Å². The van der Waals surface area contributed by atoms with Crippen molar-refractivity contribution in [2.75, 3.05) is 5.73 Å². The highest BCUT2D eigenvalue weighted by atomic mass is 19.1. The van der Waals surface area contributed by atoms with Crippen molar-refractivity contribution in [2.45, 2.75) is 6.92 Å². The van der Waals surface area contributed by atoms with Crippen LogP contribution >= 0.6 is 0 Å². The molecule has 2 aromatic heterocycles. The molecule has 3 rings (SSSR count). The van der Waals surface area contributed by atoms with Crippen molar-refractivity contribution >= 4 is 17.1 Å². The molecule has 92 valence electrons. The molecule has 0 aliphatic carbocycles. The average molecular weight is 245 g/mol. The molecule has 0 amide bonds. The number of hydrogen-bond donors (Lipinski definition) is 1. The Morgan fingerprint density at radius 3 is 2.56 bits per heavy atom. The summed E-state index contributed by atoms with van der Waals surface area (Å²) in [4.78, 5) is 4.30. The van der Waals surface area contributed by atoms with Crippen molar-refractivity contribution < 1.29 is 4.39 Å². The fraction of sp³-hybridized carbons (Fsp3) is 0.167. The second-order valence-electron chi connectivity index (χ2n) is 4.16. The smallest absolute Gasteiger partial charge is 0.207 e. The Morgan fingerprint density at radius 1 is 1.22 bits per heavy atom. The summed E-state index contributed by atoms with van der Waals surface area (Å²) < 4.78 is 16.4. The molecule has 6 heteroatoms. The van der Waals surface area contributed by atoms with Gasteiger partial charge in [0.1, 0.15) is 11.3 Å². The number of imidazole rings is 1. The lowest BCUT2D eigenvalue weighted by Crippen LogP contribution is -2.04. The third-order valence-corrected chi connectivity index (χ3v) is 2.91. The predicted molar refractivity (Wildman–Crippen MR) is 66.9 cm³/mol. The first-order valence-corrected chi connectivity index (χ1v) is 5.51. The maximum Gasteiger partial charge on any atom is 0.207 e. The lowest BCUT2D eigenvalue weighted by atomic mass is 10.3. The van der Waals surface area contributed by atoms with Crippen LogP contribution in [-0.2, 0) is 7.05 Å². The summed E-state index contributed by atoms with van der Waals surface area (Å²) in [6.45, 7) is 1.88. The Labute approximate surface area is 103 Å². The number of hydrogen-bond acceptors (Lipinski definition) is 3. The van der Waals surface area contributed by atoms with E-state index >= 15 is 0 Å². The molecule has 0 aliphatic rings. The fourth-order valence-electron chi connectivity index (χ4n) is 2.13. The van der Waals surface area contributed by atoms with Gasteiger partial charge in [-0.2, -0.15) is 5.10 Å². The molecule has 0 unspecified atom stereocenters. The number of nitrogen functional groups attached to an aromatic ring is 1. The van der Waals surface area contributed by atoms with Crippen molar-refractivity contribution in [1.29, 1.82) is 0 Å². The highest BCUT2D eigenvalue weighted by Gasteiger charge is 2.16. The largest absolute Gasteiger partial charge is 0.369 e. The molecule has 18 heavy (non-hydrogen) atoms. The third-order valence-electron chi connectivity index (χ3n) is 2.91. The standard InChI is InChI=1S/C12H12FN5/c1-7-10-11(17(2)16-7)18(12(14)15-10)9-5-3-8(13)4-6-9/h3-6H,1-2H3,(H2,14,15). The molecular weight excluding hydrogens is 233 g/mol. The number of aryl methyl sites for hydroxylation is 2. The normalized spacial score (nSPS) is 11.3. The van der Waals surface area contributed by atoms with Gasteiger partial charge in [0.25, 0.3) is 0 Å². The number of benzene rings is 1. The number of aromatic nitrogens is 4. The highest BCUT2D eigenvalue weighted by Crippen LogP contribution is 2.24. The van der Waals surface area contributed by atoms with Crippen molar-refractivity contribution in [1.82, 2.24) is 19.3 Å². The van der Waals surface area contributed by atoms with Gasteiger partial charge in [-0.3, -0.25) is 4.57 Å². The van der Waals surface area contributed by atoms with Crippen LogP contribution in [0.2, 0.25) is 0 Å². The summed E-state index contributed by atoms with van der Waals surface area (Å²) in [5, 5.41) is 4.30. The van der Waals surface area contributed by atoms with E-state index in [1.54, 1.807) is 21.4 Å². The number of fused-ring (bicyclic) bond motifs is 1. The van der Waals surface area contributed by atoms with Crippen LogP contribution in [0, 0.1) is 12.7 Å². The zero-order chi connectivity index (χ0) is 12.9. The van der Waals surface area contributed by atoms with Crippen LogP contribution in [0.15, 0.2) is 24.3 Å². The van der Waals surface area contributed by atoms with Gasteiger partial charge in [-0.05, 0) is 31.2 Å². The van der Waals surface area contributed by atoms with Crippen LogP contribution in [-0.4, -0.2) is 19.3 Å². The van der Waals surface area contributed by atoms with E-state index in [-0.39, 0.29) is 5.82 Å². The van der Waals surface area contributed by atoms with Gasteiger partial charge in [0.05, 0.1) is 11.4 Å². The topological polar surface area (TPSA) is 61.7 Å². The van der Waals surface area contributed by atoms with Gasteiger partial charge in [-0.15, -0.1) is 0 Å². The SMILES string of the molecule is Cc1nn(C)c2c1nc(N)n2-c1ccc(F)cc1. The van der Waals surface area contributed by atoms with E-state index in [0.717, 1.165) is 22.5 Å². The second-order valence-corrected chi connectivity index (χ2v) is 4.16. The van der Waals surface area contributed by atoms with Crippen molar-refractivity contribution in [3.63, 3.8) is 0 Å². The van der Waals surface area contributed by atoms with Gasteiger partial charge >= 0.3 is 0 Å². The summed E-state index contributed by atoms with van der Waals surface area (Å²) in [5.41, 5.74) is 9.07. The Hall–Kier alpha value is -2.37. The van der Waals surface area contributed by atoms with E-state index in [9.17, 15) is 4.39 Å². The Kier molecular flexibility index (Phi) is 2.13. The summed E-state index contributed by atoms with van der Waals surface area (Å²) in [7, 11) is 1.83. The monoisotopic (exact) mass is 245 g/mol. The van der Waals surface area contributed by atoms with Gasteiger partial charge in [0, 0.05) is 7.05 Å². The van der Waals surface area contributed by atoms with Gasteiger partial charge in [-0.1, -0.05) is 0 Å². The minimum atomic E-state index is -0.283. The van der Waals surface area contributed by atoms with Crippen LogP contribution in [0.25, 0.3) is 16.9 Å². The molecule has 5 nitrogen and oxygen atoms in total. The quantitative estimate of drug-likeness (QED) is 0.711. The molecule has 0 bridgehead atoms. The van der Waals surface area contributed by atoms with Crippen LogP contribution in [0.5, 0.6) is 0 Å². The lowest BCUT2D eigenvalue weighted by Gasteiger charge is -2.06. The summed E-state index contributed by atoms with van der Waals surface area (Å²) >= 11 is 0. The molecule has 0 aliphatic heterocycles. The molecule has 1 aromatic carbocycles. The third kappa shape index (κ3) is 1.38. The van der Waals surface area contributed by atoms with E-state index in [0.29, 0.717) is 5.95 Å². The molecule has 0 spiro atoms. The van der Waals surface area contributed by atoms with Crippen molar-refractivity contribution in [3.05, 3.63) is 35.8 Å². The summed E-state index contributed by atoms with van der Waals surface area (Å²) in [6.07, 6.45) is 0. The van der Waals surface area contributed by atoms with E-state index in [4.69, 9.17) is 5.73 Å². The summed E-state index contributed by atoms with van der Waals surface area (Å²) in [5.74, 6) is 0.0857. The molecular formula is C12H12FN5. The predicted octanol–water partition coefficient (Wildman–Crippen LogP) is 1.79. The zero-order valence-corrected chi connectivity index (χ0v) is 10.1. The van der Waals surface area contributed by atoms with Crippen molar-refractivity contribution in [2.24, 2.45) is 7.05 Å². The molecule has 2 heterocycles. The maximum absolute atomic E-state index is 13.0. The molecule has 0 saturated carbocycles.